The number of hydrogen-bond donors (Lipinski definition) is 0. The van der Waals surface area contributed by atoms with Crippen LogP contribution in [-0.2, 0) is 11.3 Å². The number of esters is 1. The second-order valence-corrected chi connectivity index (χ2v) is 5.05. The molecule has 5 heteroatoms. The smallest absolute Gasteiger partial charge is 0.374 e. The molecule has 0 spiro atoms. The number of para-hydroxylation sites is 1. The van der Waals surface area contributed by atoms with Crippen LogP contribution >= 0.6 is 0 Å². The first-order chi connectivity index (χ1) is 11.7. The number of fused-ring (bicyclic) bond motifs is 1. The molecule has 0 aliphatic heterocycles. The van der Waals surface area contributed by atoms with Gasteiger partial charge in [0.05, 0.1) is 23.8 Å². The summed E-state index contributed by atoms with van der Waals surface area (Å²) in [5.41, 5.74) is 1.82. The summed E-state index contributed by atoms with van der Waals surface area (Å²) in [4.78, 5) is 12.1. The Balaban J connectivity index is 1.90. The molecule has 0 aliphatic carbocycles. The van der Waals surface area contributed by atoms with E-state index in [-0.39, 0.29) is 19.0 Å². The number of rotatable bonds is 5. The fraction of sp³-hybridized carbons (Fsp3) is 0.158. The lowest BCUT2D eigenvalue weighted by molar-refractivity contribution is 0.0488. The number of furan rings is 1. The van der Waals surface area contributed by atoms with Gasteiger partial charge < -0.3 is 13.9 Å². The molecule has 0 saturated carbocycles. The molecule has 1 aromatic heterocycles. The van der Waals surface area contributed by atoms with E-state index in [0.29, 0.717) is 22.5 Å². The van der Waals surface area contributed by atoms with Gasteiger partial charge in [-0.2, -0.15) is 5.26 Å². The van der Waals surface area contributed by atoms with Gasteiger partial charge in [-0.05, 0) is 37.3 Å². The van der Waals surface area contributed by atoms with Gasteiger partial charge in [-0.1, -0.05) is 18.2 Å². The van der Waals surface area contributed by atoms with Gasteiger partial charge in [0, 0.05) is 5.39 Å². The van der Waals surface area contributed by atoms with Gasteiger partial charge >= 0.3 is 5.97 Å². The fourth-order valence-corrected chi connectivity index (χ4v) is 2.38. The summed E-state index contributed by atoms with van der Waals surface area (Å²) in [6.07, 6.45) is 0. The second kappa shape index (κ2) is 6.88. The van der Waals surface area contributed by atoms with Crippen LogP contribution in [0.25, 0.3) is 11.0 Å². The Morgan fingerprint density at radius 2 is 1.92 bits per heavy atom. The Morgan fingerprint density at radius 3 is 2.62 bits per heavy atom. The highest BCUT2D eigenvalue weighted by Gasteiger charge is 2.21. The van der Waals surface area contributed by atoms with Gasteiger partial charge in [-0.3, -0.25) is 0 Å². The number of nitriles is 1. The standard InChI is InChI=1S/C19H15NO4/c1-2-22-19(21)18-16(15-5-3-4-6-17(15)24-18)12-23-14-9-7-13(11-20)8-10-14/h3-10H,2,12H2,1H3. The fourth-order valence-electron chi connectivity index (χ4n) is 2.38. The number of hydrogen-bond acceptors (Lipinski definition) is 5. The quantitative estimate of drug-likeness (QED) is 0.663. The number of carbonyl (C=O) groups excluding carboxylic acids is 1. The molecule has 1 heterocycles. The highest BCUT2D eigenvalue weighted by atomic mass is 16.5. The van der Waals surface area contributed by atoms with Crippen LogP contribution in [0.1, 0.15) is 28.6 Å². The summed E-state index contributed by atoms with van der Waals surface area (Å²) in [6, 6.07) is 16.2. The number of nitrogens with zero attached hydrogens (tertiary/aromatic N) is 1. The summed E-state index contributed by atoms with van der Waals surface area (Å²) in [5, 5.41) is 9.63. The topological polar surface area (TPSA) is 72.5 Å². The normalized spacial score (nSPS) is 10.3. The van der Waals surface area contributed by atoms with E-state index in [1.165, 1.54) is 0 Å². The first kappa shape index (κ1) is 15.6. The van der Waals surface area contributed by atoms with Crippen molar-refractivity contribution in [1.82, 2.24) is 0 Å². The van der Waals surface area contributed by atoms with E-state index in [9.17, 15) is 4.79 Å². The number of carbonyl (C=O) groups is 1. The Labute approximate surface area is 139 Å². The van der Waals surface area contributed by atoms with Gasteiger partial charge in [-0.15, -0.1) is 0 Å². The monoisotopic (exact) mass is 321 g/mol. The molecule has 0 radical (unpaired) electrons. The van der Waals surface area contributed by atoms with Crippen LogP contribution in [-0.4, -0.2) is 12.6 Å². The predicted octanol–water partition coefficient (Wildman–Crippen LogP) is 4.06. The van der Waals surface area contributed by atoms with Crippen molar-refractivity contribution in [3.63, 3.8) is 0 Å². The first-order valence-electron chi connectivity index (χ1n) is 7.53. The Bertz CT molecular complexity index is 903. The van der Waals surface area contributed by atoms with Crippen LogP contribution in [0.4, 0.5) is 0 Å². The van der Waals surface area contributed by atoms with Gasteiger partial charge in [0.15, 0.2) is 0 Å². The van der Waals surface area contributed by atoms with E-state index >= 15 is 0 Å². The van der Waals surface area contributed by atoms with E-state index in [1.54, 1.807) is 37.3 Å². The number of ether oxygens (including phenoxy) is 2. The minimum atomic E-state index is -0.507. The summed E-state index contributed by atoms with van der Waals surface area (Å²) >= 11 is 0. The van der Waals surface area contributed by atoms with Crippen molar-refractivity contribution in [3.8, 4) is 11.8 Å². The zero-order valence-corrected chi connectivity index (χ0v) is 13.1. The molecule has 24 heavy (non-hydrogen) atoms. The summed E-state index contributed by atoms with van der Waals surface area (Å²) in [7, 11) is 0. The molecule has 0 N–H and O–H groups in total. The predicted molar refractivity (Wildman–Crippen MR) is 87.7 cm³/mol. The van der Waals surface area contributed by atoms with Crippen molar-refractivity contribution < 1.29 is 18.7 Å². The first-order valence-corrected chi connectivity index (χ1v) is 7.53. The molecule has 0 amide bonds. The van der Waals surface area contributed by atoms with Crippen LogP contribution < -0.4 is 4.74 Å². The summed E-state index contributed by atoms with van der Waals surface area (Å²) in [6.45, 7) is 2.18. The van der Waals surface area contributed by atoms with Crippen LogP contribution in [0.2, 0.25) is 0 Å². The SMILES string of the molecule is CCOC(=O)c1oc2ccccc2c1COc1ccc(C#N)cc1. The molecule has 0 bridgehead atoms. The highest BCUT2D eigenvalue weighted by molar-refractivity contribution is 5.96. The van der Waals surface area contributed by atoms with Crippen molar-refractivity contribution >= 4 is 16.9 Å². The molecule has 3 rings (SSSR count). The average molecular weight is 321 g/mol. The van der Waals surface area contributed by atoms with E-state index in [1.807, 2.05) is 18.2 Å². The van der Waals surface area contributed by atoms with Crippen molar-refractivity contribution in [2.45, 2.75) is 13.5 Å². The third kappa shape index (κ3) is 3.08. The van der Waals surface area contributed by atoms with Gasteiger partial charge in [0.2, 0.25) is 5.76 Å². The van der Waals surface area contributed by atoms with Crippen LogP contribution in [0.15, 0.2) is 52.9 Å². The van der Waals surface area contributed by atoms with Gasteiger partial charge in [-0.25, -0.2) is 4.79 Å². The maximum atomic E-state index is 12.1. The highest BCUT2D eigenvalue weighted by Crippen LogP contribution is 2.28. The molecule has 5 nitrogen and oxygen atoms in total. The third-order valence-electron chi connectivity index (χ3n) is 3.53. The molecular formula is C19H15NO4. The van der Waals surface area contributed by atoms with E-state index < -0.39 is 5.97 Å². The Kier molecular flexibility index (Phi) is 4.48. The van der Waals surface area contributed by atoms with Crippen LogP contribution in [0.5, 0.6) is 5.75 Å². The zero-order chi connectivity index (χ0) is 16.9. The lowest BCUT2D eigenvalue weighted by Crippen LogP contribution is -2.07. The van der Waals surface area contributed by atoms with Gasteiger partial charge in [0.1, 0.15) is 17.9 Å². The van der Waals surface area contributed by atoms with Crippen molar-refractivity contribution in [3.05, 3.63) is 65.4 Å². The summed E-state index contributed by atoms with van der Waals surface area (Å²) < 4.78 is 16.4. The maximum Gasteiger partial charge on any atom is 0.374 e. The summed E-state index contributed by atoms with van der Waals surface area (Å²) in [5.74, 6) is 0.257. The molecule has 0 saturated heterocycles. The molecule has 0 unspecified atom stereocenters. The second-order valence-electron chi connectivity index (χ2n) is 5.05. The minimum absolute atomic E-state index is 0.159. The van der Waals surface area contributed by atoms with Crippen molar-refractivity contribution in [2.75, 3.05) is 6.61 Å². The van der Waals surface area contributed by atoms with Crippen LogP contribution in [0.3, 0.4) is 0 Å². The lowest BCUT2D eigenvalue weighted by Gasteiger charge is -2.07. The van der Waals surface area contributed by atoms with E-state index in [0.717, 1.165) is 5.39 Å². The maximum absolute atomic E-state index is 12.1. The largest absolute Gasteiger partial charge is 0.489 e. The van der Waals surface area contributed by atoms with E-state index in [4.69, 9.17) is 19.2 Å². The van der Waals surface area contributed by atoms with E-state index in [2.05, 4.69) is 6.07 Å². The molecule has 0 fully saturated rings. The molecule has 0 aliphatic rings. The average Bonchev–Trinajstić information content (AvgIpc) is 2.99. The minimum Gasteiger partial charge on any atom is -0.489 e. The van der Waals surface area contributed by atoms with Crippen LogP contribution in [0, 0.1) is 11.3 Å². The Morgan fingerprint density at radius 1 is 1.17 bits per heavy atom. The lowest BCUT2D eigenvalue weighted by atomic mass is 10.1. The molecule has 120 valence electrons. The zero-order valence-electron chi connectivity index (χ0n) is 13.1. The number of benzene rings is 2. The molecule has 0 atom stereocenters. The van der Waals surface area contributed by atoms with Crippen molar-refractivity contribution in [2.24, 2.45) is 0 Å². The molecular weight excluding hydrogens is 306 g/mol. The molecule has 3 aromatic rings. The van der Waals surface area contributed by atoms with Crippen molar-refractivity contribution in [1.29, 1.82) is 5.26 Å². The molecule has 2 aromatic carbocycles. The third-order valence-corrected chi connectivity index (χ3v) is 3.53. The Hall–Kier alpha value is -3.26. The van der Waals surface area contributed by atoms with Gasteiger partial charge in [0.25, 0.3) is 0 Å².